The molecule has 0 fully saturated rings. The summed E-state index contributed by atoms with van der Waals surface area (Å²) in [5, 5.41) is 6.85. The van der Waals surface area contributed by atoms with Gasteiger partial charge < -0.3 is 14.2 Å². The third-order valence-electron chi connectivity index (χ3n) is 4.64. The lowest BCUT2D eigenvalue weighted by Gasteiger charge is -2.17. The first kappa shape index (κ1) is 17.0. The molecule has 2 heterocycles. The maximum Gasteiger partial charge on any atom is 0.257 e. The fraction of sp³-hybridized carbons (Fsp3) is 0.190. The minimum atomic E-state index is -0.0974. The van der Waals surface area contributed by atoms with E-state index >= 15 is 0 Å². The molecule has 0 aliphatic heterocycles. The zero-order valence-corrected chi connectivity index (χ0v) is 15.4. The molecule has 2 aromatic carbocycles. The van der Waals surface area contributed by atoms with Crippen LogP contribution in [0.4, 0.5) is 0 Å². The fourth-order valence-electron chi connectivity index (χ4n) is 3.13. The van der Waals surface area contributed by atoms with Gasteiger partial charge >= 0.3 is 0 Å². The normalized spacial score (nSPS) is 11.1. The van der Waals surface area contributed by atoms with Crippen molar-refractivity contribution in [1.82, 2.24) is 15.0 Å². The van der Waals surface area contributed by atoms with Crippen LogP contribution in [-0.2, 0) is 6.54 Å². The van der Waals surface area contributed by atoms with Gasteiger partial charge in [-0.15, -0.1) is 0 Å². The summed E-state index contributed by atoms with van der Waals surface area (Å²) in [6.07, 6.45) is 1.53. The second kappa shape index (κ2) is 6.72. The average molecular weight is 361 g/mol. The molecule has 0 saturated heterocycles. The van der Waals surface area contributed by atoms with Crippen molar-refractivity contribution < 1.29 is 14.1 Å². The number of carbonyl (C=O) groups excluding carboxylic acids is 1. The molecule has 4 rings (SSSR count). The molecule has 136 valence electrons. The number of hydrogen-bond acceptors (Lipinski definition) is 5. The zero-order valence-electron chi connectivity index (χ0n) is 15.4. The number of methoxy groups -OCH3 is 1. The van der Waals surface area contributed by atoms with E-state index in [1.165, 1.54) is 6.20 Å². The van der Waals surface area contributed by atoms with Crippen molar-refractivity contribution in [3.8, 4) is 5.75 Å². The molecule has 0 aliphatic rings. The van der Waals surface area contributed by atoms with Crippen LogP contribution in [0.15, 0.2) is 53.2 Å². The monoisotopic (exact) mass is 361 g/mol. The molecule has 2 aromatic heterocycles. The largest absolute Gasteiger partial charge is 0.497 e. The molecule has 4 aromatic rings. The van der Waals surface area contributed by atoms with Gasteiger partial charge in [0, 0.05) is 19.8 Å². The van der Waals surface area contributed by atoms with Gasteiger partial charge in [-0.3, -0.25) is 4.79 Å². The molecule has 0 atom stereocenters. The predicted octanol–water partition coefficient (Wildman–Crippen LogP) is 3.97. The number of pyridine rings is 1. The van der Waals surface area contributed by atoms with Gasteiger partial charge in [0.25, 0.3) is 11.6 Å². The van der Waals surface area contributed by atoms with E-state index in [0.717, 1.165) is 33.2 Å². The Hall–Kier alpha value is -3.41. The summed E-state index contributed by atoms with van der Waals surface area (Å²) >= 11 is 0. The Morgan fingerprint density at radius 3 is 2.74 bits per heavy atom. The van der Waals surface area contributed by atoms with Crippen LogP contribution in [0, 0.1) is 6.92 Å². The number of ether oxygens (including phenoxy) is 1. The summed E-state index contributed by atoms with van der Waals surface area (Å²) in [6, 6.07) is 13.9. The molecule has 0 aliphatic carbocycles. The van der Waals surface area contributed by atoms with Crippen LogP contribution in [0.1, 0.15) is 21.6 Å². The maximum absolute atomic E-state index is 12.8. The lowest BCUT2D eigenvalue weighted by Crippen LogP contribution is -2.26. The number of rotatable bonds is 4. The Kier molecular flexibility index (Phi) is 4.24. The van der Waals surface area contributed by atoms with Crippen molar-refractivity contribution in [3.63, 3.8) is 0 Å². The van der Waals surface area contributed by atoms with Crippen molar-refractivity contribution in [3.05, 3.63) is 65.5 Å². The molecule has 0 bridgehead atoms. The molecule has 0 unspecified atom stereocenters. The Bertz CT molecular complexity index is 1150. The Morgan fingerprint density at radius 1 is 1.15 bits per heavy atom. The quantitative estimate of drug-likeness (QED) is 0.550. The van der Waals surface area contributed by atoms with Gasteiger partial charge in [-0.25, -0.2) is 4.98 Å². The van der Waals surface area contributed by atoms with Crippen molar-refractivity contribution in [2.24, 2.45) is 0 Å². The third-order valence-corrected chi connectivity index (χ3v) is 4.64. The van der Waals surface area contributed by atoms with E-state index in [2.05, 4.69) is 16.2 Å². The summed E-state index contributed by atoms with van der Waals surface area (Å²) in [6.45, 7) is 2.33. The Labute approximate surface area is 156 Å². The van der Waals surface area contributed by atoms with Crippen molar-refractivity contribution in [1.29, 1.82) is 0 Å². The van der Waals surface area contributed by atoms with E-state index < -0.39 is 0 Å². The second-order valence-electron chi connectivity index (χ2n) is 6.55. The first-order valence-electron chi connectivity index (χ1n) is 8.59. The van der Waals surface area contributed by atoms with Gasteiger partial charge in [-0.05, 0) is 47.5 Å². The van der Waals surface area contributed by atoms with E-state index in [1.807, 2.05) is 37.3 Å². The van der Waals surface area contributed by atoms with Crippen LogP contribution in [-0.4, -0.2) is 35.1 Å². The third kappa shape index (κ3) is 3.21. The van der Waals surface area contributed by atoms with Gasteiger partial charge in [0.2, 0.25) is 0 Å². The number of aryl methyl sites for hydroxylation is 1. The number of aromatic nitrogens is 2. The van der Waals surface area contributed by atoms with E-state index in [0.29, 0.717) is 17.8 Å². The Balaban J connectivity index is 1.56. The fourth-order valence-corrected chi connectivity index (χ4v) is 3.13. The van der Waals surface area contributed by atoms with Crippen LogP contribution in [0.25, 0.3) is 21.9 Å². The van der Waals surface area contributed by atoms with Crippen LogP contribution < -0.4 is 4.74 Å². The van der Waals surface area contributed by atoms with Gasteiger partial charge in [-0.2, -0.15) is 0 Å². The summed E-state index contributed by atoms with van der Waals surface area (Å²) in [5.41, 5.74) is 2.73. The van der Waals surface area contributed by atoms with Gasteiger partial charge in [0.1, 0.15) is 5.75 Å². The summed E-state index contributed by atoms with van der Waals surface area (Å²) < 4.78 is 10.4. The van der Waals surface area contributed by atoms with Crippen molar-refractivity contribution >= 4 is 27.8 Å². The van der Waals surface area contributed by atoms with E-state index in [1.54, 1.807) is 25.1 Å². The maximum atomic E-state index is 12.8. The highest BCUT2D eigenvalue weighted by molar-refractivity contribution is 5.97. The molecule has 27 heavy (non-hydrogen) atoms. The van der Waals surface area contributed by atoms with Crippen molar-refractivity contribution in [2.45, 2.75) is 13.5 Å². The van der Waals surface area contributed by atoms with Crippen LogP contribution in [0.2, 0.25) is 0 Å². The summed E-state index contributed by atoms with van der Waals surface area (Å²) in [5.74, 6) is 0.731. The van der Waals surface area contributed by atoms with E-state index in [-0.39, 0.29) is 5.91 Å². The first-order chi connectivity index (χ1) is 13.0. The van der Waals surface area contributed by atoms with Crippen molar-refractivity contribution in [2.75, 3.05) is 14.2 Å². The van der Waals surface area contributed by atoms with E-state index in [9.17, 15) is 4.79 Å². The summed E-state index contributed by atoms with van der Waals surface area (Å²) in [7, 11) is 3.44. The molecule has 0 spiro atoms. The molecular formula is C21H19N3O3. The molecular weight excluding hydrogens is 342 g/mol. The number of hydrogen-bond donors (Lipinski definition) is 0. The highest BCUT2D eigenvalue weighted by Gasteiger charge is 2.15. The van der Waals surface area contributed by atoms with Gasteiger partial charge in [-0.1, -0.05) is 23.4 Å². The lowest BCUT2D eigenvalue weighted by molar-refractivity contribution is 0.0785. The predicted molar refractivity (Wildman–Crippen MR) is 103 cm³/mol. The van der Waals surface area contributed by atoms with Crippen LogP contribution in [0.5, 0.6) is 5.75 Å². The number of carbonyl (C=O) groups is 1. The molecule has 0 saturated carbocycles. The number of nitrogens with zero attached hydrogens (tertiary/aromatic N) is 3. The first-order valence-corrected chi connectivity index (χ1v) is 8.59. The lowest BCUT2D eigenvalue weighted by atomic mass is 10.1. The Morgan fingerprint density at radius 2 is 1.93 bits per heavy atom. The summed E-state index contributed by atoms with van der Waals surface area (Å²) in [4.78, 5) is 18.6. The smallest absolute Gasteiger partial charge is 0.257 e. The van der Waals surface area contributed by atoms with Gasteiger partial charge in [0.05, 0.1) is 23.8 Å². The highest BCUT2D eigenvalue weighted by Crippen LogP contribution is 2.23. The number of amides is 1. The standard InChI is InChI=1S/C21H19N3O3/c1-13-19-10-17(11-22-20(19)27-23-13)21(25)24(2)12-14-4-5-16-9-18(26-3)7-6-15(16)8-14/h4-11H,12H2,1-3H3. The molecule has 1 amide bonds. The minimum Gasteiger partial charge on any atom is -0.497 e. The molecule has 6 heteroatoms. The minimum absolute atomic E-state index is 0.0974. The van der Waals surface area contributed by atoms with Gasteiger partial charge in [0.15, 0.2) is 0 Å². The second-order valence-corrected chi connectivity index (χ2v) is 6.55. The highest BCUT2D eigenvalue weighted by atomic mass is 16.5. The molecule has 6 nitrogen and oxygen atoms in total. The topological polar surface area (TPSA) is 68.5 Å². The van der Waals surface area contributed by atoms with E-state index in [4.69, 9.17) is 9.26 Å². The van der Waals surface area contributed by atoms with Crippen LogP contribution >= 0.6 is 0 Å². The molecule has 0 radical (unpaired) electrons. The molecule has 0 N–H and O–H groups in total. The average Bonchev–Trinajstić information content (AvgIpc) is 3.07. The zero-order chi connectivity index (χ0) is 19.0. The number of benzene rings is 2. The number of fused-ring (bicyclic) bond motifs is 2. The van der Waals surface area contributed by atoms with Crippen LogP contribution in [0.3, 0.4) is 0 Å². The SMILES string of the molecule is COc1ccc2cc(CN(C)C(=O)c3cnc4onc(C)c4c3)ccc2c1.